The lowest BCUT2D eigenvalue weighted by molar-refractivity contribution is -0.127. The van der Waals surface area contributed by atoms with Crippen molar-refractivity contribution in [3.05, 3.63) is 24.3 Å². The number of hydrogen-bond donors (Lipinski definition) is 2. The average molecular weight is 430 g/mol. The van der Waals surface area contributed by atoms with Gasteiger partial charge in [0.15, 0.2) is 0 Å². The maximum Gasteiger partial charge on any atom is 0.238 e. The summed E-state index contributed by atoms with van der Waals surface area (Å²) in [7, 11) is 1.83. The highest BCUT2D eigenvalue weighted by Gasteiger charge is 2.53. The maximum absolute atomic E-state index is 12.7. The SMILES string of the molecule is CSc1ccccc1NC(=O)CN(C)CC(=O)N[C@@H](C)C12CC3CC(CC(C3)C1)C2. The molecule has 4 aliphatic carbocycles. The Morgan fingerprint density at radius 1 is 1.07 bits per heavy atom. The zero-order chi connectivity index (χ0) is 21.3. The molecule has 4 saturated carbocycles. The van der Waals surface area contributed by atoms with Gasteiger partial charge in [0.1, 0.15) is 0 Å². The molecule has 164 valence electrons. The molecule has 1 aromatic carbocycles. The van der Waals surface area contributed by atoms with Gasteiger partial charge in [-0.25, -0.2) is 0 Å². The normalized spacial score (nSPS) is 30.3. The number of thioether (sulfide) groups is 1. The fourth-order valence-electron chi connectivity index (χ4n) is 6.63. The van der Waals surface area contributed by atoms with E-state index in [-0.39, 0.29) is 30.9 Å². The molecule has 0 unspecified atom stereocenters. The molecule has 0 saturated heterocycles. The zero-order valence-electron chi connectivity index (χ0n) is 18.4. The van der Waals surface area contributed by atoms with Crippen LogP contribution in [-0.2, 0) is 9.59 Å². The summed E-state index contributed by atoms with van der Waals surface area (Å²) in [5.41, 5.74) is 1.13. The van der Waals surface area contributed by atoms with Gasteiger partial charge >= 0.3 is 0 Å². The van der Waals surface area contributed by atoms with Crippen LogP contribution in [0.1, 0.15) is 45.4 Å². The largest absolute Gasteiger partial charge is 0.352 e. The predicted octanol–water partition coefficient (Wildman–Crippen LogP) is 4.00. The Bertz CT molecular complexity index is 761. The van der Waals surface area contributed by atoms with Crippen molar-refractivity contribution in [1.29, 1.82) is 0 Å². The fourth-order valence-corrected chi connectivity index (χ4v) is 7.19. The Morgan fingerprint density at radius 3 is 2.23 bits per heavy atom. The van der Waals surface area contributed by atoms with E-state index in [0.29, 0.717) is 5.41 Å². The number of carbonyl (C=O) groups is 2. The molecule has 2 N–H and O–H groups in total. The summed E-state index contributed by atoms with van der Waals surface area (Å²) < 4.78 is 0. The summed E-state index contributed by atoms with van der Waals surface area (Å²) in [4.78, 5) is 28.0. The van der Waals surface area contributed by atoms with Crippen molar-refractivity contribution in [2.24, 2.45) is 23.2 Å². The summed E-state index contributed by atoms with van der Waals surface area (Å²) >= 11 is 1.60. The van der Waals surface area contributed by atoms with Crippen LogP contribution in [0, 0.1) is 23.2 Å². The van der Waals surface area contributed by atoms with Crippen LogP contribution in [0.3, 0.4) is 0 Å². The first-order valence-electron chi connectivity index (χ1n) is 11.3. The van der Waals surface area contributed by atoms with Crippen LogP contribution in [0.4, 0.5) is 5.69 Å². The zero-order valence-corrected chi connectivity index (χ0v) is 19.3. The highest BCUT2D eigenvalue weighted by Crippen LogP contribution is 2.61. The van der Waals surface area contributed by atoms with Crippen molar-refractivity contribution >= 4 is 29.3 Å². The third-order valence-electron chi connectivity index (χ3n) is 7.59. The second-order valence-corrected chi connectivity index (χ2v) is 10.8. The average Bonchev–Trinajstić information content (AvgIpc) is 2.66. The van der Waals surface area contributed by atoms with Gasteiger partial charge in [0.25, 0.3) is 0 Å². The van der Waals surface area contributed by atoms with E-state index >= 15 is 0 Å². The lowest BCUT2D eigenvalue weighted by atomic mass is 9.48. The molecule has 0 aliphatic heterocycles. The minimum Gasteiger partial charge on any atom is -0.352 e. The fraction of sp³-hybridized carbons (Fsp3) is 0.667. The number of nitrogens with one attached hydrogen (secondary N) is 2. The first kappa shape index (κ1) is 21.7. The molecule has 5 nitrogen and oxygen atoms in total. The molecular formula is C24H35N3O2S. The maximum atomic E-state index is 12.7. The van der Waals surface area contributed by atoms with Crippen molar-refractivity contribution in [2.75, 3.05) is 31.7 Å². The van der Waals surface area contributed by atoms with Crippen LogP contribution >= 0.6 is 11.8 Å². The molecule has 0 aromatic heterocycles. The van der Waals surface area contributed by atoms with Crippen LogP contribution in [0.5, 0.6) is 0 Å². The predicted molar refractivity (Wildman–Crippen MR) is 123 cm³/mol. The summed E-state index contributed by atoms with van der Waals surface area (Å²) in [5, 5.41) is 6.26. The lowest BCUT2D eigenvalue weighted by Gasteiger charge is -2.59. The Hall–Kier alpha value is -1.53. The summed E-state index contributed by atoms with van der Waals surface area (Å²) in [6, 6.07) is 7.99. The third-order valence-corrected chi connectivity index (χ3v) is 8.39. The molecule has 0 heterocycles. The number of benzene rings is 1. The van der Waals surface area contributed by atoms with Crippen molar-refractivity contribution in [1.82, 2.24) is 10.2 Å². The number of likely N-dealkylation sites (N-methyl/N-ethyl adjacent to an activating group) is 1. The van der Waals surface area contributed by atoms with Crippen molar-refractivity contribution in [3.8, 4) is 0 Å². The van der Waals surface area contributed by atoms with Crippen LogP contribution < -0.4 is 10.6 Å². The Morgan fingerprint density at radius 2 is 1.63 bits per heavy atom. The Kier molecular flexibility index (Phi) is 6.44. The summed E-state index contributed by atoms with van der Waals surface area (Å²) in [5.74, 6) is 2.57. The van der Waals surface area contributed by atoms with Gasteiger partial charge in [0, 0.05) is 10.9 Å². The molecule has 4 fully saturated rings. The highest BCUT2D eigenvalue weighted by atomic mass is 32.2. The third kappa shape index (κ3) is 4.70. The Balaban J connectivity index is 1.26. The minimum absolute atomic E-state index is 0.0260. The smallest absolute Gasteiger partial charge is 0.238 e. The van der Waals surface area contributed by atoms with Crippen LogP contribution in [0.2, 0.25) is 0 Å². The van der Waals surface area contributed by atoms with E-state index in [4.69, 9.17) is 0 Å². The topological polar surface area (TPSA) is 61.4 Å². The van der Waals surface area contributed by atoms with Gasteiger partial charge in [-0.2, -0.15) is 0 Å². The molecular weight excluding hydrogens is 394 g/mol. The lowest BCUT2D eigenvalue weighted by Crippen LogP contribution is -2.56. The van der Waals surface area contributed by atoms with E-state index in [1.54, 1.807) is 16.7 Å². The molecule has 0 radical (unpaired) electrons. The Labute approximate surface area is 184 Å². The van der Waals surface area contributed by atoms with E-state index in [9.17, 15) is 9.59 Å². The second kappa shape index (κ2) is 8.91. The van der Waals surface area contributed by atoms with Gasteiger partial charge in [0.2, 0.25) is 11.8 Å². The first-order chi connectivity index (χ1) is 14.4. The number of anilines is 1. The second-order valence-electron chi connectivity index (χ2n) is 9.99. The number of para-hydroxylation sites is 1. The van der Waals surface area contributed by atoms with Gasteiger partial charge in [-0.05, 0) is 94.1 Å². The van der Waals surface area contributed by atoms with E-state index in [0.717, 1.165) is 28.3 Å². The summed E-state index contributed by atoms with van der Waals surface area (Å²) in [6.07, 6.45) is 10.1. The molecule has 1 atom stereocenters. The van der Waals surface area contributed by atoms with Crippen molar-refractivity contribution in [2.45, 2.75) is 56.4 Å². The minimum atomic E-state index is -0.0964. The number of nitrogens with zero attached hydrogens (tertiary/aromatic N) is 1. The van der Waals surface area contributed by atoms with Crippen molar-refractivity contribution < 1.29 is 9.59 Å². The van der Waals surface area contributed by atoms with Crippen LogP contribution in [0.15, 0.2) is 29.2 Å². The molecule has 30 heavy (non-hydrogen) atoms. The summed E-state index contributed by atoms with van der Waals surface area (Å²) in [6.45, 7) is 2.65. The van der Waals surface area contributed by atoms with Gasteiger partial charge in [-0.15, -0.1) is 11.8 Å². The van der Waals surface area contributed by atoms with E-state index in [1.807, 2.05) is 37.6 Å². The number of rotatable bonds is 8. The first-order valence-corrected chi connectivity index (χ1v) is 12.5. The molecule has 4 bridgehead atoms. The highest BCUT2D eigenvalue weighted by molar-refractivity contribution is 7.98. The molecule has 5 rings (SSSR count). The quantitative estimate of drug-likeness (QED) is 0.613. The molecule has 0 spiro atoms. The van der Waals surface area contributed by atoms with Gasteiger partial charge in [0.05, 0.1) is 18.8 Å². The number of amides is 2. The van der Waals surface area contributed by atoms with Gasteiger partial charge in [-0.3, -0.25) is 14.5 Å². The van der Waals surface area contributed by atoms with E-state index < -0.39 is 0 Å². The van der Waals surface area contributed by atoms with Crippen LogP contribution in [-0.4, -0.2) is 49.1 Å². The molecule has 6 heteroatoms. The number of carbonyl (C=O) groups excluding carboxylic acids is 2. The van der Waals surface area contributed by atoms with Crippen LogP contribution in [0.25, 0.3) is 0 Å². The molecule has 2 amide bonds. The van der Waals surface area contributed by atoms with E-state index in [1.165, 1.54) is 38.5 Å². The molecule has 4 aliphatic rings. The van der Waals surface area contributed by atoms with Gasteiger partial charge < -0.3 is 10.6 Å². The number of hydrogen-bond acceptors (Lipinski definition) is 4. The molecule has 1 aromatic rings. The van der Waals surface area contributed by atoms with Gasteiger partial charge in [-0.1, -0.05) is 12.1 Å². The monoisotopic (exact) mass is 429 g/mol. The van der Waals surface area contributed by atoms with E-state index in [2.05, 4.69) is 17.6 Å². The standard InChI is InChI=1S/C24H35N3O2S/c1-16(24-11-17-8-18(12-24)10-19(9-17)13-24)25-22(28)14-27(2)15-23(29)26-20-6-4-5-7-21(20)30-3/h4-7,16-19H,8-15H2,1-3H3,(H,25,28)(H,26,29)/t16-,17?,18?,19?,24?/m0/s1. The van der Waals surface area contributed by atoms with Crippen molar-refractivity contribution in [3.63, 3.8) is 0 Å².